The first-order valence-electron chi connectivity index (χ1n) is 5.91. The van der Waals surface area contributed by atoms with Gasteiger partial charge in [0.1, 0.15) is 5.75 Å². The molecule has 1 N–H and O–H groups in total. The number of hydrogen-bond donors (Lipinski definition) is 1. The van der Waals surface area contributed by atoms with Gasteiger partial charge in [-0.3, -0.25) is 4.79 Å². The Morgan fingerprint density at radius 2 is 2.16 bits per heavy atom. The summed E-state index contributed by atoms with van der Waals surface area (Å²) < 4.78 is 10.4. The van der Waals surface area contributed by atoms with Gasteiger partial charge in [0.05, 0.1) is 23.3 Å². The maximum atomic E-state index is 11.6. The van der Waals surface area contributed by atoms with E-state index in [4.69, 9.17) is 32.7 Å². The number of amides is 1. The zero-order chi connectivity index (χ0) is 13.9. The predicted octanol–water partition coefficient (Wildman–Crippen LogP) is 2.52. The molecule has 0 spiro atoms. The number of nitrogens with one attached hydrogen (secondary N) is 1. The molecule has 1 aliphatic heterocycles. The fourth-order valence-electron chi connectivity index (χ4n) is 1.63. The largest absolute Gasteiger partial charge is 0.484 e. The van der Waals surface area contributed by atoms with Gasteiger partial charge in [0, 0.05) is 18.0 Å². The molecule has 0 radical (unpaired) electrons. The summed E-state index contributed by atoms with van der Waals surface area (Å²) in [6.45, 7) is 3.98. The van der Waals surface area contributed by atoms with Crippen molar-refractivity contribution in [3.63, 3.8) is 0 Å². The van der Waals surface area contributed by atoms with Crippen LogP contribution in [0.3, 0.4) is 0 Å². The van der Waals surface area contributed by atoms with E-state index in [9.17, 15) is 4.79 Å². The summed E-state index contributed by atoms with van der Waals surface area (Å²) in [4.78, 5) is 11.6. The average Bonchev–Trinajstić information content (AvgIpc) is 2.35. The van der Waals surface area contributed by atoms with E-state index in [1.165, 1.54) is 0 Å². The third-order valence-electron chi connectivity index (χ3n) is 2.87. The molecule has 1 aromatic rings. The molecule has 1 aliphatic rings. The van der Waals surface area contributed by atoms with Crippen LogP contribution in [-0.4, -0.2) is 32.3 Å². The zero-order valence-corrected chi connectivity index (χ0v) is 12.1. The SMILES string of the molecule is CC1(CNC(=O)COc2ccc(Cl)c(Cl)c2)COC1. The van der Waals surface area contributed by atoms with E-state index < -0.39 is 0 Å². The van der Waals surface area contributed by atoms with Crippen molar-refractivity contribution in [3.8, 4) is 5.75 Å². The molecular formula is C13H15Cl2NO3. The Kier molecular flexibility index (Phi) is 4.55. The Balaban J connectivity index is 1.75. The molecule has 6 heteroatoms. The summed E-state index contributed by atoms with van der Waals surface area (Å²) in [7, 11) is 0. The minimum absolute atomic E-state index is 0.0467. The van der Waals surface area contributed by atoms with Crippen LogP contribution in [0.1, 0.15) is 6.92 Å². The molecule has 2 rings (SSSR count). The number of benzene rings is 1. The third-order valence-corrected chi connectivity index (χ3v) is 3.61. The summed E-state index contributed by atoms with van der Waals surface area (Å²) in [6, 6.07) is 4.88. The van der Waals surface area contributed by atoms with E-state index in [2.05, 4.69) is 12.2 Å². The van der Waals surface area contributed by atoms with Crippen LogP contribution in [0.25, 0.3) is 0 Å². The van der Waals surface area contributed by atoms with Gasteiger partial charge in [-0.05, 0) is 12.1 Å². The van der Waals surface area contributed by atoms with Gasteiger partial charge in [0.2, 0.25) is 0 Å². The highest BCUT2D eigenvalue weighted by molar-refractivity contribution is 6.42. The lowest BCUT2D eigenvalue weighted by Gasteiger charge is -2.37. The molecule has 0 atom stereocenters. The zero-order valence-electron chi connectivity index (χ0n) is 10.5. The molecule has 19 heavy (non-hydrogen) atoms. The summed E-state index contributed by atoms with van der Waals surface area (Å²) in [5.41, 5.74) is 0.0548. The average molecular weight is 304 g/mol. The Morgan fingerprint density at radius 1 is 1.42 bits per heavy atom. The van der Waals surface area contributed by atoms with Crippen LogP contribution in [0.2, 0.25) is 10.0 Å². The smallest absolute Gasteiger partial charge is 0.257 e. The lowest BCUT2D eigenvalue weighted by molar-refractivity contribution is -0.128. The van der Waals surface area contributed by atoms with Crippen molar-refractivity contribution >= 4 is 29.1 Å². The van der Waals surface area contributed by atoms with Crippen molar-refractivity contribution < 1.29 is 14.3 Å². The Bertz CT molecular complexity index is 475. The van der Waals surface area contributed by atoms with Crippen molar-refractivity contribution in [1.82, 2.24) is 5.32 Å². The van der Waals surface area contributed by atoms with Gasteiger partial charge in [-0.2, -0.15) is 0 Å². The second-order valence-corrected chi connectivity index (χ2v) is 5.76. The molecule has 1 amide bonds. The summed E-state index contributed by atoms with van der Waals surface area (Å²) in [5, 5.41) is 3.67. The molecule has 0 aliphatic carbocycles. The van der Waals surface area contributed by atoms with Gasteiger partial charge in [0.15, 0.2) is 6.61 Å². The third kappa shape index (κ3) is 4.00. The van der Waals surface area contributed by atoms with E-state index in [-0.39, 0.29) is 17.9 Å². The van der Waals surface area contributed by atoms with Crippen molar-refractivity contribution in [2.75, 3.05) is 26.4 Å². The first-order chi connectivity index (χ1) is 8.98. The van der Waals surface area contributed by atoms with Crippen molar-refractivity contribution in [2.24, 2.45) is 5.41 Å². The Morgan fingerprint density at radius 3 is 2.74 bits per heavy atom. The van der Waals surface area contributed by atoms with Crippen LogP contribution in [0.4, 0.5) is 0 Å². The monoisotopic (exact) mass is 303 g/mol. The number of halogens is 2. The standard InChI is InChI=1S/C13H15Cl2NO3/c1-13(7-18-8-13)6-16-12(17)5-19-9-2-3-10(14)11(15)4-9/h2-4H,5-8H2,1H3,(H,16,17). The van der Waals surface area contributed by atoms with Crippen LogP contribution in [-0.2, 0) is 9.53 Å². The van der Waals surface area contributed by atoms with Crippen LogP contribution in [0, 0.1) is 5.41 Å². The fourth-order valence-corrected chi connectivity index (χ4v) is 1.92. The summed E-state index contributed by atoms with van der Waals surface area (Å²) >= 11 is 11.6. The molecule has 4 nitrogen and oxygen atoms in total. The van der Waals surface area contributed by atoms with Crippen LogP contribution < -0.4 is 10.1 Å². The molecule has 0 unspecified atom stereocenters. The maximum absolute atomic E-state index is 11.6. The quantitative estimate of drug-likeness (QED) is 0.909. The van der Waals surface area contributed by atoms with Gasteiger partial charge in [-0.15, -0.1) is 0 Å². The topological polar surface area (TPSA) is 47.6 Å². The lowest BCUT2D eigenvalue weighted by atomic mass is 9.89. The second kappa shape index (κ2) is 5.99. The number of carbonyl (C=O) groups is 1. The second-order valence-electron chi connectivity index (χ2n) is 4.94. The van der Waals surface area contributed by atoms with Crippen molar-refractivity contribution in [1.29, 1.82) is 0 Å². The first kappa shape index (κ1) is 14.4. The molecule has 0 saturated carbocycles. The van der Waals surface area contributed by atoms with Gasteiger partial charge >= 0.3 is 0 Å². The molecule has 1 fully saturated rings. The van der Waals surface area contributed by atoms with Crippen LogP contribution in [0.5, 0.6) is 5.75 Å². The van der Waals surface area contributed by atoms with Crippen molar-refractivity contribution in [2.45, 2.75) is 6.92 Å². The lowest BCUT2D eigenvalue weighted by Crippen LogP contribution is -2.49. The molecule has 0 bridgehead atoms. The molecular weight excluding hydrogens is 289 g/mol. The number of hydrogen-bond acceptors (Lipinski definition) is 3. The van der Waals surface area contributed by atoms with Gasteiger partial charge in [-0.25, -0.2) is 0 Å². The van der Waals surface area contributed by atoms with E-state index in [1.807, 2.05) is 0 Å². The Labute approximate surface area is 122 Å². The van der Waals surface area contributed by atoms with Gasteiger partial charge in [0.25, 0.3) is 5.91 Å². The fraction of sp³-hybridized carbons (Fsp3) is 0.462. The van der Waals surface area contributed by atoms with E-state index >= 15 is 0 Å². The molecule has 0 aromatic heterocycles. The minimum Gasteiger partial charge on any atom is -0.484 e. The van der Waals surface area contributed by atoms with E-state index in [1.54, 1.807) is 18.2 Å². The van der Waals surface area contributed by atoms with E-state index in [0.717, 1.165) is 0 Å². The first-order valence-corrected chi connectivity index (χ1v) is 6.66. The molecule has 1 heterocycles. The highest BCUT2D eigenvalue weighted by Gasteiger charge is 2.33. The molecule has 1 aromatic carbocycles. The molecule has 1 saturated heterocycles. The highest BCUT2D eigenvalue weighted by atomic mass is 35.5. The highest BCUT2D eigenvalue weighted by Crippen LogP contribution is 2.26. The summed E-state index contributed by atoms with van der Waals surface area (Å²) in [5.74, 6) is 0.349. The maximum Gasteiger partial charge on any atom is 0.257 e. The Hall–Kier alpha value is -0.970. The number of ether oxygens (including phenoxy) is 2. The van der Waals surface area contributed by atoms with Crippen LogP contribution >= 0.6 is 23.2 Å². The molecule has 104 valence electrons. The van der Waals surface area contributed by atoms with Gasteiger partial charge in [-0.1, -0.05) is 30.1 Å². The minimum atomic E-state index is -0.167. The van der Waals surface area contributed by atoms with Crippen LogP contribution in [0.15, 0.2) is 18.2 Å². The summed E-state index contributed by atoms with van der Waals surface area (Å²) in [6.07, 6.45) is 0. The number of rotatable bonds is 5. The number of carbonyl (C=O) groups excluding carboxylic acids is 1. The predicted molar refractivity (Wildman–Crippen MR) is 73.9 cm³/mol. The normalized spacial score (nSPS) is 16.6. The van der Waals surface area contributed by atoms with Gasteiger partial charge < -0.3 is 14.8 Å². The van der Waals surface area contributed by atoms with Crippen molar-refractivity contribution in [3.05, 3.63) is 28.2 Å². The van der Waals surface area contributed by atoms with E-state index in [0.29, 0.717) is 35.6 Å².